The van der Waals surface area contributed by atoms with Crippen LogP contribution in [-0.4, -0.2) is 58.1 Å². The van der Waals surface area contributed by atoms with Gasteiger partial charge < -0.3 is 20.8 Å². The van der Waals surface area contributed by atoms with Crippen LogP contribution < -0.4 is 5.73 Å². The average Bonchev–Trinajstić information content (AvgIpc) is 2.47. The molecule has 84 valence electrons. The number of hydrogen-bond acceptors (Lipinski definition) is 5. The highest BCUT2D eigenvalue weighted by Gasteiger charge is 2.29. The van der Waals surface area contributed by atoms with Gasteiger partial charge in [-0.3, -0.25) is 9.79 Å². The molecule has 4 N–H and O–H groups in total. The molecule has 1 aliphatic heterocycles. The Labute approximate surface area is 86.2 Å². The monoisotopic (exact) mass is 215 g/mol. The van der Waals surface area contributed by atoms with E-state index in [2.05, 4.69) is 4.99 Å². The first-order valence-corrected chi connectivity index (χ1v) is 4.42. The SMILES string of the molecule is CC1=NC(C(=O)O)CN1C[C@H](N)C(=O)O. The molecule has 0 saturated heterocycles. The molecule has 1 unspecified atom stereocenters. The van der Waals surface area contributed by atoms with E-state index in [1.165, 1.54) is 0 Å². The second-order valence-corrected chi connectivity index (χ2v) is 3.38. The lowest BCUT2D eigenvalue weighted by molar-refractivity contribution is -0.138. The Kier molecular flexibility index (Phi) is 3.25. The summed E-state index contributed by atoms with van der Waals surface area (Å²) in [6, 6.07) is -1.84. The van der Waals surface area contributed by atoms with Gasteiger partial charge in [-0.05, 0) is 6.92 Å². The second-order valence-electron chi connectivity index (χ2n) is 3.38. The molecule has 0 radical (unpaired) electrons. The Morgan fingerprint density at radius 1 is 1.67 bits per heavy atom. The van der Waals surface area contributed by atoms with Gasteiger partial charge in [-0.2, -0.15) is 0 Å². The van der Waals surface area contributed by atoms with Crippen molar-refractivity contribution >= 4 is 17.8 Å². The number of nitrogens with zero attached hydrogens (tertiary/aromatic N) is 2. The summed E-state index contributed by atoms with van der Waals surface area (Å²) in [7, 11) is 0. The highest BCUT2D eigenvalue weighted by atomic mass is 16.4. The molecule has 7 nitrogen and oxygen atoms in total. The summed E-state index contributed by atoms with van der Waals surface area (Å²) >= 11 is 0. The molecule has 0 aliphatic carbocycles. The Morgan fingerprint density at radius 2 is 2.27 bits per heavy atom. The second kappa shape index (κ2) is 4.26. The van der Waals surface area contributed by atoms with Crippen molar-refractivity contribution in [1.29, 1.82) is 0 Å². The summed E-state index contributed by atoms with van der Waals surface area (Å²) in [5, 5.41) is 17.3. The summed E-state index contributed by atoms with van der Waals surface area (Å²) < 4.78 is 0. The minimum absolute atomic E-state index is 0.0778. The molecule has 0 aromatic carbocycles. The van der Waals surface area contributed by atoms with Crippen molar-refractivity contribution in [2.75, 3.05) is 13.1 Å². The standard InChI is InChI=1S/C8H13N3O4/c1-4-10-6(8(14)15)3-11(4)2-5(9)7(12)13/h5-6H,2-3,9H2,1H3,(H,12,13)(H,14,15)/t5-,6?/m0/s1. The summed E-state index contributed by atoms with van der Waals surface area (Å²) in [6.45, 7) is 1.90. The van der Waals surface area contributed by atoms with Crippen LogP contribution >= 0.6 is 0 Å². The molecule has 0 bridgehead atoms. The summed E-state index contributed by atoms with van der Waals surface area (Å²) in [6.07, 6.45) is 0. The lowest BCUT2D eigenvalue weighted by Gasteiger charge is -2.20. The number of rotatable bonds is 4. The van der Waals surface area contributed by atoms with Gasteiger partial charge in [0, 0.05) is 6.54 Å². The maximum Gasteiger partial charge on any atom is 0.330 e. The van der Waals surface area contributed by atoms with Gasteiger partial charge in [0.2, 0.25) is 0 Å². The molecule has 1 rings (SSSR count). The number of hydrogen-bond donors (Lipinski definition) is 3. The fourth-order valence-corrected chi connectivity index (χ4v) is 1.34. The Balaban J connectivity index is 2.57. The smallest absolute Gasteiger partial charge is 0.330 e. The van der Waals surface area contributed by atoms with E-state index in [9.17, 15) is 9.59 Å². The van der Waals surface area contributed by atoms with E-state index in [4.69, 9.17) is 15.9 Å². The highest BCUT2D eigenvalue weighted by Crippen LogP contribution is 2.09. The fraction of sp³-hybridized carbons (Fsp3) is 0.625. The number of aliphatic carboxylic acids is 2. The highest BCUT2D eigenvalue weighted by molar-refractivity contribution is 5.88. The minimum Gasteiger partial charge on any atom is -0.480 e. The van der Waals surface area contributed by atoms with Gasteiger partial charge in [0.1, 0.15) is 6.04 Å². The van der Waals surface area contributed by atoms with Crippen LogP contribution in [0.4, 0.5) is 0 Å². The summed E-state index contributed by atoms with van der Waals surface area (Å²) in [4.78, 5) is 26.6. The maximum atomic E-state index is 10.6. The van der Waals surface area contributed by atoms with E-state index >= 15 is 0 Å². The number of carboxylic acid groups (broad SMARTS) is 2. The fourth-order valence-electron chi connectivity index (χ4n) is 1.34. The number of carbonyl (C=O) groups is 2. The van der Waals surface area contributed by atoms with Crippen molar-refractivity contribution < 1.29 is 19.8 Å². The van der Waals surface area contributed by atoms with Crippen molar-refractivity contribution in [2.45, 2.75) is 19.0 Å². The first-order valence-electron chi connectivity index (χ1n) is 4.42. The predicted octanol–water partition coefficient (Wildman–Crippen LogP) is -1.41. The Morgan fingerprint density at radius 3 is 2.67 bits per heavy atom. The van der Waals surface area contributed by atoms with E-state index in [0.29, 0.717) is 5.84 Å². The number of carboxylic acids is 2. The van der Waals surface area contributed by atoms with Crippen molar-refractivity contribution in [3.05, 3.63) is 0 Å². The summed E-state index contributed by atoms with van der Waals surface area (Å²) in [5.74, 6) is -1.61. The van der Waals surface area contributed by atoms with Crippen LogP contribution in [0, 0.1) is 0 Å². The number of amidine groups is 1. The third kappa shape index (κ3) is 2.66. The molecule has 0 amide bonds. The van der Waals surface area contributed by atoms with Crippen molar-refractivity contribution in [3.63, 3.8) is 0 Å². The first-order chi connectivity index (χ1) is 6.91. The van der Waals surface area contributed by atoms with Crippen molar-refractivity contribution in [1.82, 2.24) is 4.90 Å². The summed E-state index contributed by atoms with van der Waals surface area (Å²) in [5.41, 5.74) is 5.34. The normalized spacial score (nSPS) is 22.4. The van der Waals surface area contributed by atoms with Gasteiger partial charge in [-0.25, -0.2) is 4.79 Å². The van der Waals surface area contributed by atoms with Gasteiger partial charge in [0.05, 0.1) is 12.4 Å². The molecule has 1 heterocycles. The van der Waals surface area contributed by atoms with Crippen LogP contribution in [-0.2, 0) is 9.59 Å². The Bertz CT molecular complexity index is 315. The number of nitrogens with two attached hydrogens (primary N) is 1. The maximum absolute atomic E-state index is 10.6. The largest absolute Gasteiger partial charge is 0.480 e. The molecule has 0 spiro atoms. The van der Waals surface area contributed by atoms with Crippen molar-refractivity contribution in [2.24, 2.45) is 10.7 Å². The van der Waals surface area contributed by atoms with Crippen LogP contribution in [0.3, 0.4) is 0 Å². The molecule has 0 aromatic rings. The predicted molar refractivity (Wildman–Crippen MR) is 51.7 cm³/mol. The van der Waals surface area contributed by atoms with E-state index in [0.717, 1.165) is 0 Å². The quantitative estimate of drug-likeness (QED) is 0.530. The molecule has 15 heavy (non-hydrogen) atoms. The first kappa shape index (κ1) is 11.4. The molecule has 2 atom stereocenters. The van der Waals surface area contributed by atoms with Crippen LogP contribution in [0.5, 0.6) is 0 Å². The van der Waals surface area contributed by atoms with Crippen LogP contribution in [0.1, 0.15) is 6.92 Å². The molecule has 0 saturated carbocycles. The molecular weight excluding hydrogens is 202 g/mol. The van der Waals surface area contributed by atoms with Crippen LogP contribution in [0.2, 0.25) is 0 Å². The number of aliphatic imine (C=N–C) groups is 1. The van der Waals surface area contributed by atoms with Gasteiger partial charge in [0.15, 0.2) is 6.04 Å². The topological polar surface area (TPSA) is 116 Å². The molecular formula is C8H13N3O4. The van der Waals surface area contributed by atoms with Crippen LogP contribution in [0.15, 0.2) is 4.99 Å². The van der Waals surface area contributed by atoms with Gasteiger partial charge in [0.25, 0.3) is 0 Å². The average molecular weight is 215 g/mol. The van der Waals surface area contributed by atoms with E-state index < -0.39 is 24.0 Å². The third-order valence-electron chi connectivity index (χ3n) is 2.21. The third-order valence-corrected chi connectivity index (χ3v) is 2.21. The minimum atomic E-state index is -1.11. The Hall–Kier alpha value is -1.63. The lowest BCUT2D eigenvalue weighted by Crippen LogP contribution is -2.44. The zero-order valence-electron chi connectivity index (χ0n) is 8.25. The molecule has 7 heteroatoms. The van der Waals surface area contributed by atoms with E-state index in [1.54, 1.807) is 11.8 Å². The lowest BCUT2D eigenvalue weighted by atomic mass is 10.2. The van der Waals surface area contributed by atoms with Crippen molar-refractivity contribution in [3.8, 4) is 0 Å². The van der Waals surface area contributed by atoms with Gasteiger partial charge >= 0.3 is 11.9 Å². The molecule has 0 fully saturated rings. The molecule has 1 aliphatic rings. The van der Waals surface area contributed by atoms with E-state index in [-0.39, 0.29) is 13.1 Å². The molecule has 0 aromatic heterocycles. The van der Waals surface area contributed by atoms with Gasteiger partial charge in [-0.1, -0.05) is 0 Å². The van der Waals surface area contributed by atoms with Gasteiger partial charge in [-0.15, -0.1) is 0 Å². The zero-order valence-corrected chi connectivity index (χ0v) is 8.25. The van der Waals surface area contributed by atoms with Crippen LogP contribution in [0.25, 0.3) is 0 Å². The van der Waals surface area contributed by atoms with E-state index in [1.807, 2.05) is 0 Å². The zero-order chi connectivity index (χ0) is 11.6.